The van der Waals surface area contributed by atoms with Crippen LogP contribution in [0.1, 0.15) is 178 Å². The number of aliphatic hydroxyl groups is 3. The number of hydrogen-bond acceptors (Lipinski definition) is 13. The van der Waals surface area contributed by atoms with Crippen molar-refractivity contribution < 1.29 is 54.1 Å². The van der Waals surface area contributed by atoms with E-state index in [1.54, 1.807) is 6.92 Å². The fourth-order valence-electron chi connectivity index (χ4n) is 8.74. The van der Waals surface area contributed by atoms with Crippen LogP contribution in [-0.4, -0.2) is 92.6 Å². The molecule has 0 bridgehead atoms. The number of nitrogens with two attached hydrogens (primary N) is 1. The zero-order valence-electron chi connectivity index (χ0n) is 35.0. The zero-order valence-corrected chi connectivity index (χ0v) is 35.0. The van der Waals surface area contributed by atoms with E-state index in [0.717, 1.165) is 19.3 Å². The second kappa shape index (κ2) is 21.6. The molecule has 1 amide bonds. The number of aromatic hydroxyl groups is 2. The predicted molar refractivity (Wildman–Crippen MR) is 222 cm³/mol. The number of hydrazone groups is 1. The van der Waals surface area contributed by atoms with Gasteiger partial charge in [-0.2, -0.15) is 5.10 Å². The van der Waals surface area contributed by atoms with Crippen LogP contribution in [-0.2, 0) is 20.7 Å². The van der Waals surface area contributed by atoms with Gasteiger partial charge in [0, 0.05) is 48.4 Å². The lowest BCUT2D eigenvalue weighted by atomic mass is 9.71. The number of ether oxygens (including phenoxy) is 3. The monoisotopic (exact) mass is 823 g/mol. The molecule has 0 unspecified atom stereocenters. The Morgan fingerprint density at radius 2 is 1.51 bits per heavy atom. The maximum atomic E-state index is 14.0. The summed E-state index contributed by atoms with van der Waals surface area (Å²) in [6.45, 7) is 3.05. The number of benzene rings is 2. The number of nitrogens with one attached hydrogen (secondary N) is 1. The highest BCUT2D eigenvalue weighted by Gasteiger charge is 2.49. The van der Waals surface area contributed by atoms with E-state index in [-0.39, 0.29) is 53.0 Å². The van der Waals surface area contributed by atoms with Gasteiger partial charge in [0.15, 0.2) is 12.1 Å². The van der Waals surface area contributed by atoms with Crippen LogP contribution in [0.25, 0.3) is 0 Å². The number of phenolic OH excluding ortho intramolecular Hbond substituents is 2. The molecule has 0 aromatic heterocycles. The van der Waals surface area contributed by atoms with Gasteiger partial charge in [-0.1, -0.05) is 109 Å². The molecule has 0 saturated carbocycles. The zero-order chi connectivity index (χ0) is 42.7. The van der Waals surface area contributed by atoms with Gasteiger partial charge in [0.25, 0.3) is 0 Å². The summed E-state index contributed by atoms with van der Waals surface area (Å²) in [6, 6.07) is 3.70. The number of nitrogens with zero attached hydrogens (tertiary/aromatic N) is 1. The summed E-state index contributed by atoms with van der Waals surface area (Å²) >= 11 is 0. The smallest absolute Gasteiger partial charge is 0.240 e. The average Bonchev–Trinajstić information content (AvgIpc) is 3.21. The van der Waals surface area contributed by atoms with Crippen molar-refractivity contribution in [3.63, 3.8) is 0 Å². The van der Waals surface area contributed by atoms with E-state index >= 15 is 0 Å². The Hall–Kier alpha value is -3.92. The van der Waals surface area contributed by atoms with E-state index < -0.39 is 89.4 Å². The third-order valence-corrected chi connectivity index (χ3v) is 12.2. The molecular formula is C45H65N3O11. The van der Waals surface area contributed by atoms with E-state index in [0.29, 0.717) is 6.42 Å². The number of ketones is 2. The minimum atomic E-state index is -2.09. The van der Waals surface area contributed by atoms with Crippen molar-refractivity contribution in [1.82, 2.24) is 5.43 Å². The van der Waals surface area contributed by atoms with Crippen LogP contribution < -0.4 is 15.9 Å². The van der Waals surface area contributed by atoms with Crippen LogP contribution in [0.5, 0.6) is 17.2 Å². The van der Waals surface area contributed by atoms with Crippen LogP contribution >= 0.6 is 0 Å². The van der Waals surface area contributed by atoms with Gasteiger partial charge >= 0.3 is 0 Å². The van der Waals surface area contributed by atoms with E-state index in [2.05, 4.69) is 17.5 Å². The van der Waals surface area contributed by atoms with E-state index in [9.17, 15) is 39.9 Å². The molecule has 1 heterocycles. The lowest BCUT2D eigenvalue weighted by molar-refractivity contribution is -0.245. The summed E-state index contributed by atoms with van der Waals surface area (Å²) in [6.07, 6.45) is 13.2. The highest BCUT2D eigenvalue weighted by atomic mass is 16.7. The third kappa shape index (κ3) is 10.9. The summed E-state index contributed by atoms with van der Waals surface area (Å²) < 4.78 is 17.5. The molecule has 1 fully saturated rings. The molecule has 3 aliphatic rings. The Morgan fingerprint density at radius 1 is 0.915 bits per heavy atom. The van der Waals surface area contributed by atoms with Crippen LogP contribution in [0.15, 0.2) is 23.3 Å². The number of carbonyl (C=O) groups is 3. The molecule has 14 heteroatoms. The number of carbonyl (C=O) groups excluding carboxylic acids is 3. The van der Waals surface area contributed by atoms with Crippen LogP contribution in [0, 0.1) is 0 Å². The first-order valence-electron chi connectivity index (χ1n) is 21.7. The van der Waals surface area contributed by atoms with Gasteiger partial charge < -0.3 is 45.5 Å². The highest BCUT2D eigenvalue weighted by molar-refractivity contribution is 6.31. The molecule has 2 aromatic carbocycles. The van der Waals surface area contributed by atoms with Crippen LogP contribution in [0.3, 0.4) is 0 Å². The van der Waals surface area contributed by atoms with Crippen LogP contribution in [0.4, 0.5) is 0 Å². The molecule has 0 spiro atoms. The number of unbranched alkanes of at least 4 members (excludes halogenated alkanes) is 14. The van der Waals surface area contributed by atoms with Gasteiger partial charge in [0.05, 0.1) is 54.4 Å². The van der Waals surface area contributed by atoms with Gasteiger partial charge in [-0.3, -0.25) is 14.4 Å². The normalized spacial score (nSPS) is 24.1. The standard InChI is InChI=1S/C45H65N3O11/c1-4-5-6-7-8-9-10-11-12-13-14-15-16-17-18-22-34(50)48-47-33(26-49)45(56)24-29-37(32(25-45)59-35-23-30(46)40(51)27(2)58-35)44(55)39-38(42(29)53)41(52)28-20-19-21-31(57-3)36(28)43(39)54/h19-21,27,30,32,35,40,49,51,53,55-56H,4-18,22-26,46H2,1-3H3,(H,48,50)/b47-33+/t27-,30-,32-,35-,40+,45-/m0/s1. The Morgan fingerprint density at radius 3 is 2.08 bits per heavy atom. The van der Waals surface area contributed by atoms with Crippen molar-refractivity contribution in [3.05, 3.63) is 51.6 Å². The van der Waals surface area contributed by atoms with E-state index in [1.807, 2.05) is 0 Å². The van der Waals surface area contributed by atoms with Crippen molar-refractivity contribution in [3.8, 4) is 17.2 Å². The van der Waals surface area contributed by atoms with E-state index in [4.69, 9.17) is 19.9 Å². The summed E-state index contributed by atoms with van der Waals surface area (Å²) in [5, 5.41) is 60.9. The summed E-state index contributed by atoms with van der Waals surface area (Å²) in [5.74, 6) is -3.10. The molecule has 2 aliphatic carbocycles. The van der Waals surface area contributed by atoms with Gasteiger partial charge in [0.2, 0.25) is 11.7 Å². The third-order valence-electron chi connectivity index (χ3n) is 12.2. The maximum absolute atomic E-state index is 14.0. The first-order chi connectivity index (χ1) is 28.4. The molecule has 1 saturated heterocycles. The molecule has 1 aliphatic heterocycles. The number of aliphatic hydroxyl groups excluding tert-OH is 2. The Balaban J connectivity index is 1.26. The quantitative estimate of drug-likeness (QED) is 0.0261. The number of rotatable bonds is 22. The molecule has 14 nitrogen and oxygen atoms in total. The minimum absolute atomic E-state index is 0.0196. The fraction of sp³-hybridized carbons (Fsp3) is 0.644. The molecule has 5 rings (SSSR count). The van der Waals surface area contributed by atoms with Gasteiger partial charge in [-0.25, -0.2) is 5.43 Å². The number of hydrogen-bond donors (Lipinski definition) is 7. The first-order valence-corrected chi connectivity index (χ1v) is 21.7. The second-order valence-corrected chi connectivity index (χ2v) is 16.5. The number of methoxy groups -OCH3 is 1. The Kier molecular flexibility index (Phi) is 16.9. The van der Waals surface area contributed by atoms with Crippen molar-refractivity contribution >= 4 is 23.2 Å². The number of phenols is 2. The SMILES string of the molecule is CCCCCCCCCCCCCCCCCC(=O)N/N=C(\CO)[C@]1(O)Cc2c(O)c3c(c(O)c2[C@@H](O[C@H]2C[C@H](N)[C@H](O)[C@H](C)O2)C1)C(=O)c1c(OC)cccc1C3=O. The van der Waals surface area contributed by atoms with Crippen molar-refractivity contribution in [2.45, 2.75) is 172 Å². The fourth-order valence-corrected chi connectivity index (χ4v) is 8.74. The van der Waals surface area contributed by atoms with Crippen molar-refractivity contribution in [1.29, 1.82) is 0 Å². The molecule has 6 atom stereocenters. The minimum Gasteiger partial charge on any atom is -0.507 e. The number of amides is 1. The summed E-state index contributed by atoms with van der Waals surface area (Å²) in [7, 11) is 1.34. The first kappa shape index (κ1) is 46.2. The Labute approximate surface area is 347 Å². The number of fused-ring (bicyclic) bond motifs is 3. The molecule has 0 radical (unpaired) electrons. The lowest BCUT2D eigenvalue weighted by Crippen LogP contribution is -2.53. The molecule has 59 heavy (non-hydrogen) atoms. The molecule has 326 valence electrons. The summed E-state index contributed by atoms with van der Waals surface area (Å²) in [4.78, 5) is 40.8. The average molecular weight is 824 g/mol. The molecular weight excluding hydrogens is 759 g/mol. The van der Waals surface area contributed by atoms with Gasteiger partial charge in [-0.05, 0) is 19.4 Å². The Bertz CT molecular complexity index is 1800. The highest BCUT2D eigenvalue weighted by Crippen LogP contribution is 2.52. The molecule has 2 aromatic rings. The maximum Gasteiger partial charge on any atom is 0.240 e. The van der Waals surface area contributed by atoms with Crippen LogP contribution in [0.2, 0.25) is 0 Å². The topological polar surface area (TPSA) is 230 Å². The largest absolute Gasteiger partial charge is 0.507 e. The van der Waals surface area contributed by atoms with Gasteiger partial charge in [0.1, 0.15) is 22.8 Å². The summed E-state index contributed by atoms with van der Waals surface area (Å²) in [5.41, 5.74) is 5.07. The van der Waals surface area contributed by atoms with Crippen molar-refractivity contribution in [2.24, 2.45) is 10.8 Å². The lowest BCUT2D eigenvalue weighted by Gasteiger charge is -2.43. The molecule has 8 N–H and O–H groups in total. The van der Waals surface area contributed by atoms with E-state index in [1.165, 1.54) is 95.9 Å². The van der Waals surface area contributed by atoms with Crippen molar-refractivity contribution in [2.75, 3.05) is 13.7 Å². The second-order valence-electron chi connectivity index (χ2n) is 16.5. The predicted octanol–water partition coefficient (Wildman–Crippen LogP) is 6.17. The van der Waals surface area contributed by atoms with Gasteiger partial charge in [-0.15, -0.1) is 0 Å².